The van der Waals surface area contributed by atoms with E-state index in [2.05, 4.69) is 27.3 Å². The van der Waals surface area contributed by atoms with Crippen LogP contribution in [0.4, 0.5) is 30.4 Å². The van der Waals surface area contributed by atoms with Crippen molar-refractivity contribution in [3.8, 4) is 0 Å². The summed E-state index contributed by atoms with van der Waals surface area (Å²) in [6.45, 7) is 7.06. The first-order valence-corrected chi connectivity index (χ1v) is 12.1. The van der Waals surface area contributed by atoms with E-state index in [0.717, 1.165) is 35.0 Å². The van der Waals surface area contributed by atoms with Crippen LogP contribution in [-0.2, 0) is 17.6 Å². The predicted molar refractivity (Wildman–Crippen MR) is 141 cm³/mol. The van der Waals surface area contributed by atoms with Gasteiger partial charge in [-0.15, -0.1) is 0 Å². The van der Waals surface area contributed by atoms with E-state index in [1.807, 2.05) is 44.9 Å². The molecule has 1 fully saturated rings. The van der Waals surface area contributed by atoms with Crippen LogP contribution in [0, 0.1) is 12.8 Å². The molecule has 1 saturated heterocycles. The number of anilines is 3. The summed E-state index contributed by atoms with van der Waals surface area (Å²) in [5.74, 6) is 1.61. The van der Waals surface area contributed by atoms with Crippen molar-refractivity contribution in [2.24, 2.45) is 5.92 Å². The number of aryl methyl sites for hydroxylation is 3. The Morgan fingerprint density at radius 2 is 1.69 bits per heavy atom. The Bertz CT molecular complexity index is 1050. The number of hydrogen-bond acceptors (Lipinski definition) is 6. The minimum atomic E-state index is -4.15. The van der Waals surface area contributed by atoms with E-state index in [9.17, 15) is 18.0 Å². The van der Waals surface area contributed by atoms with E-state index >= 15 is 0 Å². The number of carbonyl (C=O) groups excluding carboxylic acids is 1. The summed E-state index contributed by atoms with van der Waals surface area (Å²) in [4.78, 5) is 27.4. The highest BCUT2D eigenvalue weighted by molar-refractivity contribution is 7.59. The standard InChI is InChI=1S/C25H33F3N6O.H2S/c1-16(2)22-24(35)31-21-17(3)29-20(30-23(21)32(22)4)10-7-18-5-8-19(9-6-18)34-13-11-33(12-14-34)15-25(26,27)28;/h5-6,8-9,16,22H,7,10-15H2,1-4H3,(H,31,35);1H2/t22-;/m0./s1. The van der Waals surface area contributed by atoms with Crippen LogP contribution in [-0.4, -0.2) is 72.8 Å². The molecule has 3 heterocycles. The van der Waals surface area contributed by atoms with Crippen molar-refractivity contribution in [2.45, 2.75) is 45.8 Å². The van der Waals surface area contributed by atoms with Crippen LogP contribution in [0.25, 0.3) is 0 Å². The fourth-order valence-electron chi connectivity index (χ4n) is 4.93. The van der Waals surface area contributed by atoms with Crippen molar-refractivity contribution < 1.29 is 18.0 Å². The molecule has 2 aliphatic rings. The lowest BCUT2D eigenvalue weighted by Gasteiger charge is -2.37. The SMILES string of the molecule is Cc1nc(CCc2ccc(N3CCN(CC(F)(F)F)CC3)cc2)nc2c1NC(=O)[C@H](C(C)C)N2C.S. The van der Waals surface area contributed by atoms with E-state index in [0.29, 0.717) is 38.3 Å². The minimum Gasteiger partial charge on any atom is -0.369 e. The predicted octanol–water partition coefficient (Wildman–Crippen LogP) is 3.78. The number of likely N-dealkylation sites (N-methyl/N-ethyl adjacent to an activating group) is 1. The molecule has 0 radical (unpaired) electrons. The lowest BCUT2D eigenvalue weighted by Crippen LogP contribution is -2.49. The van der Waals surface area contributed by atoms with E-state index in [1.165, 1.54) is 4.90 Å². The summed E-state index contributed by atoms with van der Waals surface area (Å²) >= 11 is 0. The van der Waals surface area contributed by atoms with E-state index < -0.39 is 12.7 Å². The molecule has 1 aromatic heterocycles. The van der Waals surface area contributed by atoms with Crippen molar-refractivity contribution in [3.63, 3.8) is 0 Å². The summed E-state index contributed by atoms with van der Waals surface area (Å²) < 4.78 is 37.8. The van der Waals surface area contributed by atoms with Gasteiger partial charge in [0.1, 0.15) is 17.6 Å². The number of alkyl halides is 3. The number of carbonyl (C=O) groups is 1. The van der Waals surface area contributed by atoms with E-state index in [1.54, 1.807) is 0 Å². The summed E-state index contributed by atoms with van der Waals surface area (Å²) in [5.41, 5.74) is 3.61. The van der Waals surface area contributed by atoms with Gasteiger partial charge in [-0.3, -0.25) is 9.69 Å². The topological polar surface area (TPSA) is 64.6 Å². The molecule has 198 valence electrons. The lowest BCUT2D eigenvalue weighted by molar-refractivity contribution is -0.146. The summed E-state index contributed by atoms with van der Waals surface area (Å²) in [5, 5.41) is 2.97. The molecule has 7 nitrogen and oxygen atoms in total. The van der Waals surface area contributed by atoms with Gasteiger partial charge < -0.3 is 15.1 Å². The van der Waals surface area contributed by atoms with Crippen LogP contribution in [0.3, 0.4) is 0 Å². The molecule has 1 amide bonds. The van der Waals surface area contributed by atoms with Gasteiger partial charge in [-0.1, -0.05) is 26.0 Å². The number of nitrogens with zero attached hydrogens (tertiary/aromatic N) is 5. The van der Waals surface area contributed by atoms with Crippen molar-refractivity contribution in [1.82, 2.24) is 14.9 Å². The highest BCUT2D eigenvalue weighted by atomic mass is 32.1. The zero-order chi connectivity index (χ0) is 25.3. The molecule has 2 aliphatic heterocycles. The molecule has 2 aromatic rings. The molecule has 0 unspecified atom stereocenters. The highest BCUT2D eigenvalue weighted by Gasteiger charge is 2.35. The maximum absolute atomic E-state index is 12.6. The Balaban J connectivity index is 0.00000361. The minimum absolute atomic E-state index is 0. The van der Waals surface area contributed by atoms with Crippen LogP contribution in [0.5, 0.6) is 0 Å². The van der Waals surface area contributed by atoms with Gasteiger partial charge in [0.25, 0.3) is 0 Å². The second kappa shape index (κ2) is 11.2. The average molecular weight is 525 g/mol. The average Bonchev–Trinajstić information content (AvgIpc) is 2.78. The third kappa shape index (κ3) is 6.42. The molecule has 4 rings (SSSR count). The molecule has 1 atom stereocenters. The second-order valence-corrected chi connectivity index (χ2v) is 9.76. The maximum Gasteiger partial charge on any atom is 0.401 e. The molecular formula is C25H35F3N6OS. The summed E-state index contributed by atoms with van der Waals surface area (Å²) in [6, 6.07) is 7.91. The molecule has 11 heteroatoms. The number of fused-ring (bicyclic) bond motifs is 1. The molecule has 0 spiro atoms. The van der Waals surface area contributed by atoms with Crippen molar-refractivity contribution in [3.05, 3.63) is 41.3 Å². The van der Waals surface area contributed by atoms with E-state index in [4.69, 9.17) is 4.98 Å². The highest BCUT2D eigenvalue weighted by Crippen LogP contribution is 2.33. The molecule has 1 aromatic carbocycles. The van der Waals surface area contributed by atoms with Crippen molar-refractivity contribution in [1.29, 1.82) is 0 Å². The number of piperazine rings is 1. The number of hydrogen-bond donors (Lipinski definition) is 1. The van der Waals surface area contributed by atoms with Crippen molar-refractivity contribution >= 4 is 36.6 Å². The monoisotopic (exact) mass is 524 g/mol. The first-order chi connectivity index (χ1) is 16.5. The number of nitrogens with one attached hydrogen (secondary N) is 1. The number of aromatic nitrogens is 2. The first-order valence-electron chi connectivity index (χ1n) is 12.1. The molecule has 0 saturated carbocycles. The summed E-state index contributed by atoms with van der Waals surface area (Å²) in [6.07, 6.45) is -2.72. The Hall–Kier alpha value is -2.53. The van der Waals surface area contributed by atoms with Gasteiger partial charge in [-0.05, 0) is 37.0 Å². The van der Waals surface area contributed by atoms with Gasteiger partial charge in [0.2, 0.25) is 5.91 Å². The third-order valence-corrected chi connectivity index (χ3v) is 6.73. The second-order valence-electron chi connectivity index (χ2n) is 9.76. The normalized spacial score (nSPS) is 18.7. The zero-order valence-corrected chi connectivity index (χ0v) is 22.2. The Kier molecular flexibility index (Phi) is 8.76. The molecular weight excluding hydrogens is 489 g/mol. The van der Waals surface area contributed by atoms with Gasteiger partial charge in [-0.2, -0.15) is 26.7 Å². The molecule has 0 aliphatic carbocycles. The Labute approximate surface area is 217 Å². The Morgan fingerprint density at radius 1 is 1.06 bits per heavy atom. The smallest absolute Gasteiger partial charge is 0.369 e. The van der Waals surface area contributed by atoms with Crippen LogP contribution in [0.1, 0.15) is 30.9 Å². The van der Waals surface area contributed by atoms with Gasteiger partial charge in [-0.25, -0.2) is 9.97 Å². The maximum atomic E-state index is 12.6. The van der Waals surface area contributed by atoms with Gasteiger partial charge >= 0.3 is 6.18 Å². The number of amides is 1. The quantitative estimate of drug-likeness (QED) is 0.621. The van der Waals surface area contributed by atoms with Crippen molar-refractivity contribution in [2.75, 3.05) is 54.9 Å². The fourth-order valence-corrected chi connectivity index (χ4v) is 4.93. The first kappa shape index (κ1) is 28.0. The zero-order valence-electron chi connectivity index (χ0n) is 21.2. The van der Waals surface area contributed by atoms with Crippen LogP contribution < -0.4 is 15.1 Å². The molecule has 1 N–H and O–H groups in total. The van der Waals surface area contributed by atoms with Gasteiger partial charge in [0.15, 0.2) is 5.82 Å². The van der Waals surface area contributed by atoms with Crippen LogP contribution >= 0.6 is 13.5 Å². The van der Waals surface area contributed by atoms with Gasteiger partial charge in [0, 0.05) is 45.3 Å². The third-order valence-electron chi connectivity index (χ3n) is 6.73. The number of halogens is 3. The fraction of sp³-hybridized carbons (Fsp3) is 0.560. The molecule has 36 heavy (non-hydrogen) atoms. The lowest BCUT2D eigenvalue weighted by atomic mass is 9.99. The van der Waals surface area contributed by atoms with Crippen LogP contribution in [0.15, 0.2) is 24.3 Å². The number of benzene rings is 1. The van der Waals surface area contributed by atoms with Crippen LogP contribution in [0.2, 0.25) is 0 Å². The Morgan fingerprint density at radius 3 is 2.28 bits per heavy atom. The van der Waals surface area contributed by atoms with Gasteiger partial charge in [0.05, 0.1) is 12.2 Å². The largest absolute Gasteiger partial charge is 0.401 e. The van der Waals surface area contributed by atoms with E-state index in [-0.39, 0.29) is 31.4 Å². The molecule has 0 bridgehead atoms. The number of rotatable bonds is 6. The summed E-state index contributed by atoms with van der Waals surface area (Å²) in [7, 11) is 1.90.